The van der Waals surface area contributed by atoms with Gasteiger partial charge in [0.2, 0.25) is 5.91 Å². The Morgan fingerprint density at radius 2 is 2.29 bits per heavy atom. The summed E-state index contributed by atoms with van der Waals surface area (Å²) in [5.41, 5.74) is 1.45. The maximum Gasteiger partial charge on any atom is 0.241 e. The number of para-hydroxylation sites is 2. The number of hydrogen-bond acceptors (Lipinski definition) is 5. The van der Waals surface area contributed by atoms with Crippen LogP contribution in [0.3, 0.4) is 0 Å². The van der Waals surface area contributed by atoms with Gasteiger partial charge in [0.05, 0.1) is 17.4 Å². The normalized spacial score (nSPS) is 22.0. The molecule has 2 atom stereocenters. The number of aromatic nitrogens is 4. The Morgan fingerprint density at radius 1 is 1.43 bits per heavy atom. The summed E-state index contributed by atoms with van der Waals surface area (Å²) in [6.45, 7) is 3.06. The Labute approximate surface area is 122 Å². The Morgan fingerprint density at radius 3 is 3.05 bits per heavy atom. The molecule has 2 heterocycles. The zero-order valence-electron chi connectivity index (χ0n) is 11.9. The van der Waals surface area contributed by atoms with Crippen LogP contribution in [0.2, 0.25) is 0 Å². The maximum absolute atomic E-state index is 12.4. The second-order valence-corrected chi connectivity index (χ2v) is 5.40. The molecular weight excluding hydrogens is 268 g/mol. The third kappa shape index (κ3) is 3.08. The van der Waals surface area contributed by atoms with Crippen LogP contribution in [0, 0.1) is 5.92 Å². The van der Waals surface area contributed by atoms with E-state index in [0.29, 0.717) is 11.6 Å². The molecule has 1 aromatic carbocycles. The number of nitrogens with one attached hydrogen (secondary N) is 2. The quantitative estimate of drug-likeness (QED) is 0.879. The average molecular weight is 286 g/mol. The standard InChI is InChI=1S/C14H18N6O/c1-10-6-7-15-12(8-10)14(21)17-11-4-2-3-5-13(11)20-9-16-18-19-20/h2-5,9-10,12,15H,6-8H2,1H3,(H,17,21). The number of rotatable bonds is 3. The van der Waals surface area contributed by atoms with Gasteiger partial charge >= 0.3 is 0 Å². The van der Waals surface area contributed by atoms with Crippen molar-refractivity contribution < 1.29 is 4.79 Å². The summed E-state index contributed by atoms with van der Waals surface area (Å²) in [6, 6.07) is 7.33. The van der Waals surface area contributed by atoms with Crippen molar-refractivity contribution >= 4 is 11.6 Å². The minimum absolute atomic E-state index is 0.0120. The van der Waals surface area contributed by atoms with Gasteiger partial charge in [0.25, 0.3) is 0 Å². The fourth-order valence-corrected chi connectivity index (χ4v) is 2.58. The van der Waals surface area contributed by atoms with E-state index in [-0.39, 0.29) is 11.9 Å². The lowest BCUT2D eigenvalue weighted by molar-refractivity contribution is -0.119. The number of amides is 1. The van der Waals surface area contributed by atoms with E-state index in [0.717, 1.165) is 25.1 Å². The van der Waals surface area contributed by atoms with Crippen LogP contribution in [0.1, 0.15) is 19.8 Å². The lowest BCUT2D eigenvalue weighted by Crippen LogP contribution is -2.45. The molecule has 2 N–H and O–H groups in total. The molecule has 21 heavy (non-hydrogen) atoms. The van der Waals surface area contributed by atoms with Gasteiger partial charge in [-0.05, 0) is 47.9 Å². The number of benzene rings is 1. The van der Waals surface area contributed by atoms with Gasteiger partial charge in [0.1, 0.15) is 6.33 Å². The Hall–Kier alpha value is -2.28. The molecule has 0 bridgehead atoms. The molecule has 1 aliphatic rings. The number of carbonyl (C=O) groups excluding carboxylic acids is 1. The van der Waals surface area contributed by atoms with Crippen molar-refractivity contribution in [3.63, 3.8) is 0 Å². The largest absolute Gasteiger partial charge is 0.323 e. The van der Waals surface area contributed by atoms with Gasteiger partial charge in [0.15, 0.2) is 0 Å². The molecule has 1 saturated heterocycles. The van der Waals surface area contributed by atoms with Crippen molar-refractivity contribution in [1.82, 2.24) is 25.5 Å². The first-order valence-electron chi connectivity index (χ1n) is 7.10. The van der Waals surface area contributed by atoms with Crippen LogP contribution in [-0.4, -0.2) is 38.7 Å². The van der Waals surface area contributed by atoms with E-state index in [9.17, 15) is 4.79 Å². The third-order valence-electron chi connectivity index (χ3n) is 3.74. The second kappa shape index (κ2) is 6.01. The van der Waals surface area contributed by atoms with Crippen LogP contribution in [0.5, 0.6) is 0 Å². The summed E-state index contributed by atoms with van der Waals surface area (Å²) < 4.78 is 1.53. The van der Waals surface area contributed by atoms with Gasteiger partial charge in [-0.15, -0.1) is 5.10 Å². The summed E-state index contributed by atoms with van der Waals surface area (Å²) in [5, 5.41) is 17.4. The van der Waals surface area contributed by atoms with Gasteiger partial charge in [-0.1, -0.05) is 19.1 Å². The summed E-state index contributed by atoms with van der Waals surface area (Å²) >= 11 is 0. The van der Waals surface area contributed by atoms with E-state index in [1.54, 1.807) is 0 Å². The van der Waals surface area contributed by atoms with E-state index in [2.05, 4.69) is 33.1 Å². The zero-order valence-corrected chi connectivity index (χ0v) is 11.9. The number of hydrogen-bond donors (Lipinski definition) is 2. The Kier molecular flexibility index (Phi) is 3.92. The van der Waals surface area contributed by atoms with Gasteiger partial charge in [-0.25, -0.2) is 0 Å². The zero-order chi connectivity index (χ0) is 14.7. The monoisotopic (exact) mass is 286 g/mol. The SMILES string of the molecule is CC1CCNC(C(=O)Nc2ccccc2-n2cnnn2)C1. The molecule has 3 rings (SSSR count). The van der Waals surface area contributed by atoms with Crippen LogP contribution in [0.25, 0.3) is 5.69 Å². The fraction of sp³-hybridized carbons (Fsp3) is 0.429. The molecule has 0 radical (unpaired) electrons. The Bertz CT molecular complexity index is 612. The summed E-state index contributed by atoms with van der Waals surface area (Å²) in [6.07, 6.45) is 3.48. The molecule has 7 nitrogen and oxygen atoms in total. The van der Waals surface area contributed by atoms with Crippen LogP contribution >= 0.6 is 0 Å². The van der Waals surface area contributed by atoms with Crippen molar-refractivity contribution in [1.29, 1.82) is 0 Å². The molecule has 1 aromatic heterocycles. The molecule has 2 aromatic rings. The molecule has 0 spiro atoms. The lowest BCUT2D eigenvalue weighted by Gasteiger charge is -2.27. The number of carbonyl (C=O) groups is 1. The minimum atomic E-state index is -0.143. The number of piperidine rings is 1. The number of tetrazole rings is 1. The van der Waals surface area contributed by atoms with Gasteiger partial charge in [-0.2, -0.15) is 4.68 Å². The van der Waals surface area contributed by atoms with E-state index in [1.807, 2.05) is 24.3 Å². The minimum Gasteiger partial charge on any atom is -0.323 e. The van der Waals surface area contributed by atoms with E-state index >= 15 is 0 Å². The van der Waals surface area contributed by atoms with E-state index < -0.39 is 0 Å². The highest BCUT2D eigenvalue weighted by Crippen LogP contribution is 2.21. The van der Waals surface area contributed by atoms with Crippen molar-refractivity contribution in [2.24, 2.45) is 5.92 Å². The number of anilines is 1. The molecule has 110 valence electrons. The first-order valence-corrected chi connectivity index (χ1v) is 7.10. The van der Waals surface area contributed by atoms with Crippen LogP contribution < -0.4 is 10.6 Å². The second-order valence-electron chi connectivity index (χ2n) is 5.40. The highest BCUT2D eigenvalue weighted by molar-refractivity contribution is 5.96. The van der Waals surface area contributed by atoms with Gasteiger partial charge in [-0.3, -0.25) is 4.79 Å². The summed E-state index contributed by atoms with van der Waals surface area (Å²) in [5.74, 6) is 0.554. The van der Waals surface area contributed by atoms with Crippen molar-refractivity contribution in [3.05, 3.63) is 30.6 Å². The van der Waals surface area contributed by atoms with Crippen molar-refractivity contribution in [2.45, 2.75) is 25.8 Å². The van der Waals surface area contributed by atoms with Gasteiger partial charge < -0.3 is 10.6 Å². The van der Waals surface area contributed by atoms with Crippen LogP contribution in [0.4, 0.5) is 5.69 Å². The summed E-state index contributed by atoms with van der Waals surface area (Å²) in [7, 11) is 0. The van der Waals surface area contributed by atoms with Crippen LogP contribution in [0.15, 0.2) is 30.6 Å². The van der Waals surface area contributed by atoms with Crippen molar-refractivity contribution in [2.75, 3.05) is 11.9 Å². The number of nitrogens with zero attached hydrogens (tertiary/aromatic N) is 4. The first kappa shape index (κ1) is 13.7. The molecule has 0 saturated carbocycles. The fourth-order valence-electron chi connectivity index (χ4n) is 2.58. The predicted molar refractivity (Wildman–Crippen MR) is 78.0 cm³/mol. The highest BCUT2D eigenvalue weighted by atomic mass is 16.2. The molecule has 1 aliphatic heterocycles. The molecule has 1 fully saturated rings. The lowest BCUT2D eigenvalue weighted by atomic mass is 9.94. The predicted octanol–water partition coefficient (Wildman–Crippen LogP) is 0.989. The van der Waals surface area contributed by atoms with Crippen LogP contribution in [-0.2, 0) is 4.79 Å². The smallest absolute Gasteiger partial charge is 0.241 e. The molecule has 0 aliphatic carbocycles. The molecular formula is C14H18N6O. The van der Waals surface area contributed by atoms with E-state index in [1.165, 1.54) is 11.0 Å². The maximum atomic E-state index is 12.4. The topological polar surface area (TPSA) is 84.7 Å². The molecule has 7 heteroatoms. The highest BCUT2D eigenvalue weighted by Gasteiger charge is 2.25. The van der Waals surface area contributed by atoms with E-state index in [4.69, 9.17) is 0 Å². The molecule has 2 unspecified atom stereocenters. The molecule has 1 amide bonds. The van der Waals surface area contributed by atoms with Crippen molar-refractivity contribution in [3.8, 4) is 5.69 Å². The third-order valence-corrected chi connectivity index (χ3v) is 3.74. The van der Waals surface area contributed by atoms with Gasteiger partial charge in [0, 0.05) is 0 Å². The Balaban J connectivity index is 1.77. The first-order chi connectivity index (χ1) is 10.2. The summed E-state index contributed by atoms with van der Waals surface area (Å²) in [4.78, 5) is 12.4. The average Bonchev–Trinajstić information content (AvgIpc) is 3.02.